The van der Waals surface area contributed by atoms with E-state index < -0.39 is 15.7 Å². The van der Waals surface area contributed by atoms with E-state index in [0.717, 1.165) is 83.5 Å². The lowest BCUT2D eigenvalue weighted by Gasteiger charge is -2.15. The predicted octanol–water partition coefficient (Wildman–Crippen LogP) is 15.2. The number of hydrogen-bond donors (Lipinski definition) is 1. The molecule has 0 saturated carbocycles. The molecule has 0 aliphatic rings. The second-order valence-electron chi connectivity index (χ2n) is 28.1. The van der Waals surface area contributed by atoms with Gasteiger partial charge in [-0.1, -0.05) is 109 Å². The standard InChI is InChI=1S/C20H24N2O3.C18H20N2O3.C18H21NO4S.C18H21NO2S.C18H21NO2/c1-21(2)19(23)15-8-6-14(7-9-15)18-11-10-16(20(24)22(3)4)12-17(18)13-25-5;1-20(2)18(22)14-8-9-16(15(10-14)11-23-3)12-4-6-13(7-5-12)17(19)21;1-19(2)18(20)14-7-10-17(15(11-14)12-23-3)13-5-8-16(9-6-13)24(4,21)22;1-19(2)18(20)14-7-10-17(15(11-14)12-21-3)13-5-8-16(22-4)9-6-13;1-13-5-7-14(8-6-13)17-10-9-15(18(20)19(2)3)11-16(17)12-21-4/h6-12H,13H2,1-5H3;4-10H,11H2,1-3H3,(H2,19,21);5-11H,12H2,1-4H3;5-11H,12H2,1-4H3;5-11H,12H2,1-4H3. The quantitative estimate of drug-likeness (QED) is 0.0553. The van der Waals surface area contributed by atoms with E-state index in [1.54, 1.807) is 200 Å². The van der Waals surface area contributed by atoms with E-state index in [0.29, 0.717) is 72.0 Å². The highest BCUT2D eigenvalue weighted by Gasteiger charge is 2.20. The third-order valence-electron chi connectivity index (χ3n) is 18.0. The molecule has 10 aromatic rings. The van der Waals surface area contributed by atoms with E-state index in [1.807, 2.05) is 115 Å². The zero-order chi connectivity index (χ0) is 85.0. The summed E-state index contributed by atoms with van der Waals surface area (Å²) in [5, 5.41) is 0. The summed E-state index contributed by atoms with van der Waals surface area (Å²) in [6.07, 6.45) is 3.24. The maximum absolute atomic E-state index is 12.2. The summed E-state index contributed by atoms with van der Waals surface area (Å²) in [6.45, 7) is 4.19. The summed E-state index contributed by atoms with van der Waals surface area (Å²) >= 11 is 1.72. The molecular formula is C92H107N7O14S2. The van der Waals surface area contributed by atoms with Gasteiger partial charge in [0, 0.05) is 170 Å². The monoisotopic (exact) mass is 1600 g/mol. The molecule has 0 unspecified atom stereocenters. The number of primary amides is 1. The van der Waals surface area contributed by atoms with Gasteiger partial charge in [-0.25, -0.2) is 8.42 Å². The molecule has 10 rings (SSSR count). The SMILES string of the molecule is COCc1cc(C(=O)N(C)C)ccc1-c1ccc(C(=O)N(C)C)cc1.COCc1cc(C(=O)N(C)C)ccc1-c1ccc(C(N)=O)cc1.COCc1cc(C(=O)N(C)C)ccc1-c1ccc(C)cc1.COCc1cc(C(=O)N(C)C)ccc1-c1ccc(S(C)(=O)=O)cc1.COCc1cc(C(=O)N(C)C)ccc1-c1ccc(SC)cc1. The summed E-state index contributed by atoms with van der Waals surface area (Å²) < 4.78 is 49.5. The fourth-order valence-corrected chi connectivity index (χ4v) is 13.0. The van der Waals surface area contributed by atoms with Crippen LogP contribution in [0.2, 0.25) is 0 Å². The zero-order valence-corrected chi connectivity index (χ0v) is 71.2. The Labute approximate surface area is 682 Å². The summed E-state index contributed by atoms with van der Waals surface area (Å²) in [4.78, 5) is 94.6. The Morgan fingerprint density at radius 2 is 0.504 bits per heavy atom. The van der Waals surface area contributed by atoms with Gasteiger partial charge in [0.25, 0.3) is 35.4 Å². The highest BCUT2D eigenvalue weighted by Crippen LogP contribution is 2.33. The Balaban J connectivity index is 0.000000224. The number of nitrogens with two attached hydrogens (primary N) is 1. The number of carbonyl (C=O) groups is 7. The summed E-state index contributed by atoms with van der Waals surface area (Å²) in [6, 6.07) is 66.1. The van der Waals surface area contributed by atoms with Gasteiger partial charge in [-0.2, -0.15) is 0 Å². The molecule has 0 heterocycles. The molecule has 0 atom stereocenters. The van der Waals surface area contributed by atoms with Crippen molar-refractivity contribution >= 4 is 62.9 Å². The number of nitrogens with zero attached hydrogens (tertiary/aromatic N) is 6. The van der Waals surface area contributed by atoms with Crippen LogP contribution in [0.25, 0.3) is 55.6 Å². The number of hydrogen-bond acceptors (Lipinski definition) is 15. The van der Waals surface area contributed by atoms with Crippen molar-refractivity contribution in [3.63, 3.8) is 0 Å². The van der Waals surface area contributed by atoms with Gasteiger partial charge < -0.3 is 58.8 Å². The van der Waals surface area contributed by atoms with Gasteiger partial charge in [-0.15, -0.1) is 11.8 Å². The fourth-order valence-electron chi connectivity index (χ4n) is 12.0. The number of methoxy groups -OCH3 is 5. The molecule has 0 spiro atoms. The van der Waals surface area contributed by atoms with Crippen molar-refractivity contribution in [2.45, 2.75) is 49.7 Å². The van der Waals surface area contributed by atoms with Crippen molar-refractivity contribution in [3.8, 4) is 55.6 Å². The Hall–Kier alpha value is -11.4. The van der Waals surface area contributed by atoms with Gasteiger partial charge in [0.1, 0.15) is 0 Å². The van der Waals surface area contributed by atoms with E-state index in [9.17, 15) is 42.0 Å². The van der Waals surface area contributed by atoms with E-state index >= 15 is 0 Å². The number of carbonyl (C=O) groups excluding carboxylic acids is 7. The van der Waals surface area contributed by atoms with Gasteiger partial charge in [0.05, 0.1) is 37.9 Å². The molecule has 0 radical (unpaired) electrons. The summed E-state index contributed by atoms with van der Waals surface area (Å²) in [5.41, 5.74) is 25.6. The first-order valence-electron chi connectivity index (χ1n) is 36.5. The van der Waals surface area contributed by atoms with Crippen molar-refractivity contribution in [2.75, 3.05) is 133 Å². The van der Waals surface area contributed by atoms with Crippen LogP contribution in [0.1, 0.15) is 106 Å². The highest BCUT2D eigenvalue weighted by molar-refractivity contribution is 7.98. The number of sulfone groups is 1. The Morgan fingerprint density at radius 3 is 0.713 bits per heavy atom. The third-order valence-corrected chi connectivity index (χ3v) is 19.8. The van der Waals surface area contributed by atoms with Crippen LogP contribution >= 0.6 is 11.8 Å². The molecule has 23 heteroatoms. The molecule has 7 amide bonds. The summed E-state index contributed by atoms with van der Waals surface area (Å²) in [5.74, 6) is -0.666. The minimum absolute atomic E-state index is 0.00151. The van der Waals surface area contributed by atoms with E-state index in [1.165, 1.54) is 26.5 Å². The first-order chi connectivity index (χ1) is 54.6. The second kappa shape index (κ2) is 44.3. The molecule has 0 aliphatic heterocycles. The highest BCUT2D eigenvalue weighted by atomic mass is 32.2. The van der Waals surface area contributed by atoms with Gasteiger partial charge in [0.15, 0.2) is 9.84 Å². The van der Waals surface area contributed by atoms with Crippen LogP contribution in [0, 0.1) is 6.92 Å². The molecular weight excluding hydrogens is 1490 g/mol. The number of aryl methyl sites for hydroxylation is 1. The van der Waals surface area contributed by atoms with Crippen LogP contribution in [0.4, 0.5) is 0 Å². The van der Waals surface area contributed by atoms with Crippen LogP contribution in [0.3, 0.4) is 0 Å². The molecule has 2 N–H and O–H groups in total. The first kappa shape index (κ1) is 92.5. The zero-order valence-electron chi connectivity index (χ0n) is 69.5. The lowest BCUT2D eigenvalue weighted by molar-refractivity contribution is 0.0820. The lowest BCUT2D eigenvalue weighted by atomic mass is 9.96. The van der Waals surface area contributed by atoms with Crippen LogP contribution < -0.4 is 5.73 Å². The van der Waals surface area contributed by atoms with Gasteiger partial charge in [0.2, 0.25) is 5.91 Å². The molecule has 21 nitrogen and oxygen atoms in total. The minimum Gasteiger partial charge on any atom is -0.380 e. The molecule has 0 saturated heterocycles. The number of ether oxygens (including phenoxy) is 5. The van der Waals surface area contributed by atoms with Crippen LogP contribution in [0.5, 0.6) is 0 Å². The van der Waals surface area contributed by atoms with Gasteiger partial charge >= 0.3 is 0 Å². The Kier molecular flexibility index (Phi) is 35.6. The van der Waals surface area contributed by atoms with Crippen molar-refractivity contribution < 1.29 is 65.7 Å². The van der Waals surface area contributed by atoms with Crippen molar-refractivity contribution in [1.29, 1.82) is 0 Å². The molecule has 606 valence electrons. The average Bonchev–Trinajstić information content (AvgIpc) is 0.819. The van der Waals surface area contributed by atoms with Crippen molar-refractivity contribution in [1.82, 2.24) is 29.4 Å². The van der Waals surface area contributed by atoms with Crippen LogP contribution in [-0.2, 0) is 66.6 Å². The minimum atomic E-state index is -3.22. The number of thioether (sulfide) groups is 1. The maximum atomic E-state index is 12.2. The third kappa shape index (κ3) is 26.3. The van der Waals surface area contributed by atoms with Gasteiger partial charge in [-0.3, -0.25) is 33.6 Å². The molecule has 115 heavy (non-hydrogen) atoms. The van der Waals surface area contributed by atoms with E-state index in [4.69, 9.17) is 29.4 Å². The fraction of sp³-hybridized carbons (Fsp3) is 0.272. The predicted molar refractivity (Wildman–Crippen MR) is 459 cm³/mol. The largest absolute Gasteiger partial charge is 0.380 e. The van der Waals surface area contributed by atoms with Crippen molar-refractivity contribution in [2.24, 2.45) is 5.73 Å². The average molecular weight is 1600 g/mol. The second-order valence-corrected chi connectivity index (χ2v) is 31.0. The molecule has 10 aromatic carbocycles. The summed E-state index contributed by atoms with van der Waals surface area (Å²) in [7, 11) is 25.7. The molecule has 0 fully saturated rings. The number of amides is 7. The number of benzene rings is 10. The number of rotatable bonds is 24. The van der Waals surface area contributed by atoms with E-state index in [2.05, 4.69) is 61.7 Å². The Bertz CT molecular complexity index is 5090. The normalized spacial score (nSPS) is 10.6. The van der Waals surface area contributed by atoms with Crippen molar-refractivity contribution in [3.05, 3.63) is 285 Å². The van der Waals surface area contributed by atoms with Crippen LogP contribution in [-0.4, -0.2) is 212 Å². The maximum Gasteiger partial charge on any atom is 0.253 e. The van der Waals surface area contributed by atoms with E-state index in [-0.39, 0.29) is 40.3 Å². The molecule has 0 bridgehead atoms. The lowest BCUT2D eigenvalue weighted by Crippen LogP contribution is -2.22. The van der Waals surface area contributed by atoms with Gasteiger partial charge in [-0.05, 0) is 206 Å². The smallest absolute Gasteiger partial charge is 0.253 e. The Morgan fingerprint density at radius 1 is 0.304 bits per heavy atom. The first-order valence-corrected chi connectivity index (χ1v) is 39.6. The molecule has 0 aromatic heterocycles. The van der Waals surface area contributed by atoms with Crippen LogP contribution in [0.15, 0.2) is 222 Å². The molecule has 0 aliphatic carbocycles. The topological polar surface area (TPSA) is 245 Å².